The van der Waals surface area contributed by atoms with Crippen molar-refractivity contribution in [3.63, 3.8) is 0 Å². The van der Waals surface area contributed by atoms with Gasteiger partial charge in [0.15, 0.2) is 0 Å². The van der Waals surface area contributed by atoms with Crippen LogP contribution < -0.4 is 14.8 Å². The van der Waals surface area contributed by atoms with E-state index in [2.05, 4.69) is 14.8 Å². The van der Waals surface area contributed by atoms with Crippen molar-refractivity contribution in [3.8, 4) is 0 Å². The maximum Gasteiger partial charge on any atom is 0.298 e. The molecule has 0 fully saturated rings. The van der Waals surface area contributed by atoms with Crippen LogP contribution in [0.5, 0.6) is 0 Å². The Balaban J connectivity index is 2.24. The zero-order valence-corrected chi connectivity index (χ0v) is 9.89. The van der Waals surface area contributed by atoms with Crippen molar-refractivity contribution in [2.75, 3.05) is 23.6 Å². The molecule has 1 aliphatic heterocycles. The highest BCUT2D eigenvalue weighted by Gasteiger charge is 2.11. The van der Waals surface area contributed by atoms with Crippen molar-refractivity contribution in [1.82, 2.24) is 4.72 Å². The Morgan fingerprint density at radius 3 is 2.94 bits per heavy atom. The van der Waals surface area contributed by atoms with Crippen LogP contribution in [-0.4, -0.2) is 22.0 Å². The van der Waals surface area contributed by atoms with Crippen molar-refractivity contribution in [3.05, 3.63) is 23.8 Å². The minimum atomic E-state index is -3.42. The van der Waals surface area contributed by atoms with Gasteiger partial charge >= 0.3 is 0 Å². The molecular weight excluding hydrogens is 226 g/mol. The Morgan fingerprint density at radius 1 is 1.38 bits per heavy atom. The number of aryl methyl sites for hydroxylation is 1. The number of rotatable bonds is 3. The number of hydrogen-bond acceptors (Lipinski definition) is 3. The van der Waals surface area contributed by atoms with Crippen molar-refractivity contribution in [2.24, 2.45) is 0 Å². The first-order valence-electron chi connectivity index (χ1n) is 5.19. The number of fused-ring (bicyclic) bond motifs is 1. The van der Waals surface area contributed by atoms with Crippen LogP contribution in [0.15, 0.2) is 18.2 Å². The Morgan fingerprint density at radius 2 is 2.19 bits per heavy atom. The molecule has 0 bridgehead atoms. The van der Waals surface area contributed by atoms with Gasteiger partial charge in [-0.15, -0.1) is 0 Å². The third-order valence-corrected chi connectivity index (χ3v) is 3.61. The molecule has 16 heavy (non-hydrogen) atoms. The van der Waals surface area contributed by atoms with Crippen LogP contribution in [-0.2, 0) is 16.6 Å². The maximum atomic E-state index is 11.3. The molecule has 0 saturated carbocycles. The Hall–Kier alpha value is -1.27. The standard InChI is InChI=1S/C10H15N3O2S/c1-11-16(14,15)13-9-4-5-10-8(7-9)3-2-6-12-10/h4-5,7,11-13H,2-3,6H2,1H3. The molecule has 6 heteroatoms. The quantitative estimate of drug-likeness (QED) is 0.737. The molecule has 0 unspecified atom stereocenters. The van der Waals surface area contributed by atoms with Gasteiger partial charge < -0.3 is 5.32 Å². The summed E-state index contributed by atoms with van der Waals surface area (Å²) in [5.41, 5.74) is 2.85. The molecule has 2 rings (SSSR count). The van der Waals surface area contributed by atoms with E-state index in [4.69, 9.17) is 0 Å². The number of anilines is 2. The van der Waals surface area contributed by atoms with Crippen LogP contribution in [0.4, 0.5) is 11.4 Å². The number of benzene rings is 1. The predicted octanol–water partition coefficient (Wildman–Crippen LogP) is 0.921. The molecular formula is C10H15N3O2S. The summed E-state index contributed by atoms with van der Waals surface area (Å²) >= 11 is 0. The Bertz CT molecular complexity index is 485. The SMILES string of the molecule is CNS(=O)(=O)Nc1ccc2c(c1)CCCN2. The first kappa shape index (κ1) is 11.2. The molecule has 1 aliphatic rings. The van der Waals surface area contributed by atoms with Gasteiger partial charge in [0.05, 0.1) is 5.69 Å². The lowest BCUT2D eigenvalue weighted by Gasteiger charge is -2.18. The second kappa shape index (κ2) is 4.31. The van der Waals surface area contributed by atoms with E-state index in [0.29, 0.717) is 5.69 Å². The normalized spacial score (nSPS) is 15.1. The zero-order chi connectivity index (χ0) is 11.6. The van der Waals surface area contributed by atoms with Gasteiger partial charge in [-0.3, -0.25) is 4.72 Å². The molecule has 88 valence electrons. The third-order valence-electron chi connectivity index (χ3n) is 2.56. The molecule has 0 saturated heterocycles. The number of nitrogens with one attached hydrogen (secondary N) is 3. The maximum absolute atomic E-state index is 11.3. The van der Waals surface area contributed by atoms with Gasteiger partial charge in [-0.25, -0.2) is 4.72 Å². The second-order valence-corrected chi connectivity index (χ2v) is 5.33. The summed E-state index contributed by atoms with van der Waals surface area (Å²) in [7, 11) is -2.04. The third kappa shape index (κ3) is 2.45. The van der Waals surface area contributed by atoms with Gasteiger partial charge in [0.1, 0.15) is 0 Å². The van der Waals surface area contributed by atoms with Gasteiger partial charge in [-0.2, -0.15) is 8.42 Å². The average Bonchev–Trinajstić information content (AvgIpc) is 2.28. The molecule has 0 amide bonds. The predicted molar refractivity (Wildman–Crippen MR) is 64.9 cm³/mol. The summed E-state index contributed by atoms with van der Waals surface area (Å²) in [6.45, 7) is 0.981. The van der Waals surface area contributed by atoms with Crippen LogP contribution in [0, 0.1) is 0 Å². The van der Waals surface area contributed by atoms with E-state index in [9.17, 15) is 8.42 Å². The van der Waals surface area contributed by atoms with Crippen molar-refractivity contribution >= 4 is 21.6 Å². The van der Waals surface area contributed by atoms with Crippen molar-refractivity contribution in [1.29, 1.82) is 0 Å². The summed E-state index contributed by atoms with van der Waals surface area (Å²) in [4.78, 5) is 0. The topological polar surface area (TPSA) is 70.2 Å². The molecule has 0 aromatic heterocycles. The van der Waals surface area contributed by atoms with E-state index >= 15 is 0 Å². The minimum Gasteiger partial charge on any atom is -0.385 e. The van der Waals surface area contributed by atoms with E-state index < -0.39 is 10.2 Å². The minimum absolute atomic E-state index is 0.594. The van der Waals surface area contributed by atoms with E-state index in [1.165, 1.54) is 7.05 Å². The van der Waals surface area contributed by atoms with Crippen LogP contribution in [0.3, 0.4) is 0 Å². The summed E-state index contributed by atoms with van der Waals surface area (Å²) in [5.74, 6) is 0. The molecule has 3 N–H and O–H groups in total. The first-order chi connectivity index (χ1) is 7.61. The highest BCUT2D eigenvalue weighted by Crippen LogP contribution is 2.25. The summed E-state index contributed by atoms with van der Waals surface area (Å²) in [5, 5.41) is 3.27. The molecule has 0 atom stereocenters. The van der Waals surface area contributed by atoms with Gasteiger partial charge in [0.25, 0.3) is 10.2 Å². The van der Waals surface area contributed by atoms with Crippen LogP contribution in [0.25, 0.3) is 0 Å². The Kier molecular flexibility index (Phi) is 3.02. The molecule has 1 aromatic rings. The second-order valence-electron chi connectivity index (χ2n) is 3.71. The Labute approximate surface area is 95.4 Å². The molecule has 5 nitrogen and oxygen atoms in total. The largest absolute Gasteiger partial charge is 0.385 e. The first-order valence-corrected chi connectivity index (χ1v) is 6.67. The summed E-state index contributed by atoms with van der Waals surface area (Å²) in [6, 6.07) is 5.53. The smallest absolute Gasteiger partial charge is 0.298 e. The lowest BCUT2D eigenvalue weighted by Crippen LogP contribution is -2.26. The van der Waals surface area contributed by atoms with E-state index in [1.54, 1.807) is 6.07 Å². The van der Waals surface area contributed by atoms with E-state index in [1.807, 2.05) is 12.1 Å². The molecule has 1 aromatic carbocycles. The van der Waals surface area contributed by atoms with Crippen LogP contribution in [0.2, 0.25) is 0 Å². The van der Waals surface area contributed by atoms with Gasteiger partial charge in [-0.05, 0) is 36.6 Å². The summed E-state index contributed by atoms with van der Waals surface area (Å²) in [6.07, 6.45) is 2.06. The monoisotopic (exact) mass is 241 g/mol. The van der Waals surface area contributed by atoms with E-state index in [0.717, 1.165) is 30.6 Å². The molecule has 0 aliphatic carbocycles. The van der Waals surface area contributed by atoms with Gasteiger partial charge in [0, 0.05) is 19.3 Å². The molecule has 1 heterocycles. The lowest BCUT2D eigenvalue weighted by atomic mass is 10.0. The van der Waals surface area contributed by atoms with Crippen molar-refractivity contribution in [2.45, 2.75) is 12.8 Å². The highest BCUT2D eigenvalue weighted by molar-refractivity contribution is 7.90. The fraction of sp³-hybridized carbons (Fsp3) is 0.400. The lowest BCUT2D eigenvalue weighted by molar-refractivity contribution is 0.593. The molecule has 0 radical (unpaired) electrons. The number of hydrogen-bond donors (Lipinski definition) is 3. The van der Waals surface area contributed by atoms with Crippen LogP contribution in [0.1, 0.15) is 12.0 Å². The van der Waals surface area contributed by atoms with E-state index in [-0.39, 0.29) is 0 Å². The zero-order valence-electron chi connectivity index (χ0n) is 9.08. The van der Waals surface area contributed by atoms with Gasteiger partial charge in [-0.1, -0.05) is 0 Å². The fourth-order valence-electron chi connectivity index (χ4n) is 1.74. The van der Waals surface area contributed by atoms with Crippen molar-refractivity contribution < 1.29 is 8.42 Å². The average molecular weight is 241 g/mol. The fourth-order valence-corrected chi connectivity index (χ4v) is 2.28. The summed E-state index contributed by atoms with van der Waals surface area (Å²) < 4.78 is 27.3. The van der Waals surface area contributed by atoms with Crippen LogP contribution >= 0.6 is 0 Å². The van der Waals surface area contributed by atoms with Gasteiger partial charge in [0.2, 0.25) is 0 Å². The highest BCUT2D eigenvalue weighted by atomic mass is 32.2. The molecule has 0 spiro atoms.